The summed E-state index contributed by atoms with van der Waals surface area (Å²) in [5, 5.41) is 2.90. The number of fused-ring (bicyclic) bond motifs is 1. The van der Waals surface area contributed by atoms with Gasteiger partial charge in [-0.25, -0.2) is 14.8 Å². The Balaban J connectivity index is 1.58. The molecule has 1 atom stereocenters. The first-order valence-electron chi connectivity index (χ1n) is 9.27. The van der Waals surface area contributed by atoms with Gasteiger partial charge in [-0.1, -0.05) is 0 Å². The van der Waals surface area contributed by atoms with Crippen molar-refractivity contribution in [2.75, 3.05) is 13.1 Å². The SMILES string of the molecule is CC(CN1CCc2nc(-c3ccncc3)ncc2C1)NC(=O)OC(C)(C)C. The van der Waals surface area contributed by atoms with Crippen LogP contribution in [-0.4, -0.2) is 50.7 Å². The third kappa shape index (κ3) is 5.47. The number of nitrogens with zero attached hydrogens (tertiary/aromatic N) is 4. The number of rotatable bonds is 4. The second kappa shape index (κ2) is 8.00. The summed E-state index contributed by atoms with van der Waals surface area (Å²) in [5.41, 5.74) is 2.73. The summed E-state index contributed by atoms with van der Waals surface area (Å²) >= 11 is 0. The van der Waals surface area contributed by atoms with Crippen molar-refractivity contribution in [2.45, 2.75) is 52.3 Å². The molecule has 27 heavy (non-hydrogen) atoms. The van der Waals surface area contributed by atoms with E-state index < -0.39 is 5.60 Å². The van der Waals surface area contributed by atoms with Crippen LogP contribution in [0.1, 0.15) is 39.0 Å². The van der Waals surface area contributed by atoms with Gasteiger partial charge in [0.05, 0.1) is 5.69 Å². The fourth-order valence-corrected chi connectivity index (χ4v) is 3.11. The van der Waals surface area contributed by atoms with Crippen LogP contribution in [0, 0.1) is 0 Å². The van der Waals surface area contributed by atoms with Gasteiger partial charge in [-0.05, 0) is 39.8 Å². The molecule has 0 bridgehead atoms. The van der Waals surface area contributed by atoms with Gasteiger partial charge in [0.15, 0.2) is 5.82 Å². The van der Waals surface area contributed by atoms with E-state index in [0.29, 0.717) is 0 Å². The largest absolute Gasteiger partial charge is 0.444 e. The number of amides is 1. The summed E-state index contributed by atoms with van der Waals surface area (Å²) in [7, 11) is 0. The fraction of sp³-hybridized carbons (Fsp3) is 0.500. The number of nitrogens with one attached hydrogen (secondary N) is 1. The summed E-state index contributed by atoms with van der Waals surface area (Å²) in [4.78, 5) is 27.5. The maximum absolute atomic E-state index is 11.9. The van der Waals surface area contributed by atoms with Crippen LogP contribution in [0.2, 0.25) is 0 Å². The summed E-state index contributed by atoms with van der Waals surface area (Å²) in [6, 6.07) is 3.83. The van der Waals surface area contributed by atoms with Crippen LogP contribution in [0.3, 0.4) is 0 Å². The lowest BCUT2D eigenvalue weighted by atomic mass is 10.1. The second-order valence-corrected chi connectivity index (χ2v) is 7.93. The summed E-state index contributed by atoms with van der Waals surface area (Å²) in [6.07, 6.45) is 5.90. The van der Waals surface area contributed by atoms with Gasteiger partial charge >= 0.3 is 6.09 Å². The topological polar surface area (TPSA) is 80.2 Å². The molecule has 2 aromatic rings. The Hall–Kier alpha value is -2.54. The van der Waals surface area contributed by atoms with Crippen molar-refractivity contribution in [1.29, 1.82) is 0 Å². The molecule has 0 radical (unpaired) electrons. The molecule has 0 spiro atoms. The molecule has 1 N–H and O–H groups in total. The molecule has 0 saturated heterocycles. The van der Waals surface area contributed by atoms with Crippen LogP contribution in [0.15, 0.2) is 30.7 Å². The number of pyridine rings is 1. The van der Waals surface area contributed by atoms with E-state index in [2.05, 4.69) is 20.2 Å². The Morgan fingerprint density at radius 2 is 2.07 bits per heavy atom. The molecule has 1 unspecified atom stereocenters. The third-order valence-corrected chi connectivity index (χ3v) is 4.25. The van der Waals surface area contributed by atoms with Gasteiger partial charge in [0.2, 0.25) is 0 Å². The van der Waals surface area contributed by atoms with Gasteiger partial charge in [-0.2, -0.15) is 0 Å². The molecular formula is C20H27N5O2. The molecule has 2 aromatic heterocycles. The second-order valence-electron chi connectivity index (χ2n) is 7.93. The van der Waals surface area contributed by atoms with Crippen LogP contribution in [0.25, 0.3) is 11.4 Å². The van der Waals surface area contributed by atoms with Crippen molar-refractivity contribution >= 4 is 6.09 Å². The first kappa shape index (κ1) is 19.2. The Bertz CT molecular complexity index is 789. The standard InChI is InChI=1S/C20H27N5O2/c1-14(23-19(26)27-20(2,3)4)12-25-10-7-17-16(13-25)11-22-18(24-17)15-5-8-21-9-6-15/h5-6,8-9,11,14H,7,10,12-13H2,1-4H3,(H,23,26). The van der Waals surface area contributed by atoms with Gasteiger partial charge in [-0.15, -0.1) is 0 Å². The fourth-order valence-electron chi connectivity index (χ4n) is 3.11. The van der Waals surface area contributed by atoms with E-state index >= 15 is 0 Å². The molecule has 3 rings (SSSR count). The molecule has 1 aliphatic heterocycles. The van der Waals surface area contributed by atoms with Gasteiger partial charge in [0.1, 0.15) is 5.60 Å². The van der Waals surface area contributed by atoms with Crippen LogP contribution < -0.4 is 5.32 Å². The lowest BCUT2D eigenvalue weighted by molar-refractivity contribution is 0.0495. The molecular weight excluding hydrogens is 342 g/mol. The normalized spacial score (nSPS) is 15.7. The molecule has 1 aliphatic rings. The average molecular weight is 369 g/mol. The van der Waals surface area contributed by atoms with E-state index in [0.717, 1.165) is 48.7 Å². The van der Waals surface area contributed by atoms with Gasteiger partial charge in [0, 0.05) is 61.8 Å². The van der Waals surface area contributed by atoms with Crippen LogP contribution >= 0.6 is 0 Å². The van der Waals surface area contributed by atoms with Crippen molar-refractivity contribution in [1.82, 2.24) is 25.2 Å². The van der Waals surface area contributed by atoms with Crippen molar-refractivity contribution in [2.24, 2.45) is 0 Å². The van der Waals surface area contributed by atoms with E-state index in [-0.39, 0.29) is 12.1 Å². The number of ether oxygens (including phenoxy) is 1. The number of hydrogen-bond acceptors (Lipinski definition) is 6. The van der Waals surface area contributed by atoms with Gasteiger partial charge in [0.25, 0.3) is 0 Å². The highest BCUT2D eigenvalue weighted by molar-refractivity contribution is 5.68. The molecule has 144 valence electrons. The van der Waals surface area contributed by atoms with Crippen LogP contribution in [0.4, 0.5) is 4.79 Å². The lowest BCUT2D eigenvalue weighted by Gasteiger charge is -2.30. The first-order valence-corrected chi connectivity index (χ1v) is 9.27. The lowest BCUT2D eigenvalue weighted by Crippen LogP contribution is -2.45. The number of carbonyl (C=O) groups is 1. The van der Waals surface area contributed by atoms with Crippen molar-refractivity contribution in [3.8, 4) is 11.4 Å². The molecule has 0 saturated carbocycles. The Morgan fingerprint density at radius 1 is 1.33 bits per heavy atom. The van der Waals surface area contributed by atoms with E-state index in [1.54, 1.807) is 12.4 Å². The average Bonchev–Trinajstić information content (AvgIpc) is 2.60. The maximum Gasteiger partial charge on any atom is 0.407 e. The minimum atomic E-state index is -0.488. The highest BCUT2D eigenvalue weighted by atomic mass is 16.6. The van der Waals surface area contributed by atoms with E-state index in [4.69, 9.17) is 9.72 Å². The summed E-state index contributed by atoms with van der Waals surface area (Å²) < 4.78 is 5.32. The minimum Gasteiger partial charge on any atom is -0.444 e. The van der Waals surface area contributed by atoms with Crippen molar-refractivity contribution in [3.63, 3.8) is 0 Å². The smallest absolute Gasteiger partial charge is 0.407 e. The molecule has 7 nitrogen and oxygen atoms in total. The quantitative estimate of drug-likeness (QED) is 0.893. The number of hydrogen-bond donors (Lipinski definition) is 1. The third-order valence-electron chi connectivity index (χ3n) is 4.25. The monoisotopic (exact) mass is 369 g/mol. The van der Waals surface area contributed by atoms with Gasteiger partial charge < -0.3 is 10.1 Å². The Kier molecular flexibility index (Phi) is 5.70. The predicted molar refractivity (Wildman–Crippen MR) is 103 cm³/mol. The highest BCUT2D eigenvalue weighted by Gasteiger charge is 2.22. The molecule has 7 heteroatoms. The predicted octanol–water partition coefficient (Wildman–Crippen LogP) is 2.81. The molecule has 3 heterocycles. The highest BCUT2D eigenvalue weighted by Crippen LogP contribution is 2.20. The zero-order valence-corrected chi connectivity index (χ0v) is 16.4. The molecule has 0 aliphatic carbocycles. The molecule has 0 aromatic carbocycles. The maximum atomic E-state index is 11.9. The van der Waals surface area contributed by atoms with Crippen LogP contribution in [0.5, 0.6) is 0 Å². The van der Waals surface area contributed by atoms with Crippen molar-refractivity contribution in [3.05, 3.63) is 42.0 Å². The zero-order chi connectivity index (χ0) is 19.4. The Labute approximate surface area is 160 Å². The number of alkyl carbamates (subject to hydrolysis) is 1. The summed E-state index contributed by atoms with van der Waals surface area (Å²) in [5.74, 6) is 0.740. The molecule has 1 amide bonds. The molecule has 0 fully saturated rings. The van der Waals surface area contributed by atoms with Crippen LogP contribution in [-0.2, 0) is 17.7 Å². The first-order chi connectivity index (χ1) is 12.8. The number of aromatic nitrogens is 3. The number of carbonyl (C=O) groups excluding carboxylic acids is 1. The van der Waals surface area contributed by atoms with E-state index in [9.17, 15) is 4.79 Å². The van der Waals surface area contributed by atoms with E-state index in [1.807, 2.05) is 46.0 Å². The van der Waals surface area contributed by atoms with Crippen molar-refractivity contribution < 1.29 is 9.53 Å². The summed E-state index contributed by atoms with van der Waals surface area (Å²) in [6.45, 7) is 10.0. The zero-order valence-electron chi connectivity index (χ0n) is 16.4. The Morgan fingerprint density at radius 3 is 2.78 bits per heavy atom. The van der Waals surface area contributed by atoms with Gasteiger partial charge in [-0.3, -0.25) is 9.88 Å². The minimum absolute atomic E-state index is 0.00147. The van der Waals surface area contributed by atoms with E-state index in [1.165, 1.54) is 0 Å².